The third kappa shape index (κ3) is 2.40. The summed E-state index contributed by atoms with van der Waals surface area (Å²) in [5.41, 5.74) is 7.29. The average molecular weight is 191 g/mol. The number of nitriles is 1. The van der Waals surface area contributed by atoms with Crippen LogP contribution in [0.1, 0.15) is 11.1 Å². The topological polar surface area (TPSA) is 49.8 Å². The van der Waals surface area contributed by atoms with E-state index in [4.69, 9.17) is 22.6 Å². The third-order valence-corrected chi connectivity index (χ3v) is 1.59. The van der Waals surface area contributed by atoms with Gasteiger partial charge in [-0.2, -0.15) is 5.26 Å². The van der Waals surface area contributed by atoms with E-state index >= 15 is 0 Å². The van der Waals surface area contributed by atoms with E-state index in [1.54, 1.807) is 18.2 Å². The standard InChI is InChI=1S/C10H7ClN2/c11-5-1-2-8-6-10(13)4-3-9(8)7-12/h3-4,6H,5,13H2. The van der Waals surface area contributed by atoms with Gasteiger partial charge in [0.05, 0.1) is 11.4 Å². The van der Waals surface area contributed by atoms with Gasteiger partial charge in [-0.1, -0.05) is 11.8 Å². The smallest absolute Gasteiger partial charge is 0.100 e. The molecule has 0 aromatic heterocycles. The summed E-state index contributed by atoms with van der Waals surface area (Å²) in [6.45, 7) is 0. The predicted octanol–water partition coefficient (Wildman–Crippen LogP) is 1.73. The van der Waals surface area contributed by atoms with Gasteiger partial charge < -0.3 is 5.73 Å². The van der Waals surface area contributed by atoms with Crippen LogP contribution in [0.4, 0.5) is 5.69 Å². The second-order valence-electron chi connectivity index (χ2n) is 2.35. The quantitative estimate of drug-likeness (QED) is 0.385. The fraction of sp³-hybridized carbons (Fsp3) is 0.100. The summed E-state index contributed by atoms with van der Waals surface area (Å²) in [5.74, 6) is 5.70. The van der Waals surface area contributed by atoms with Gasteiger partial charge in [-0.05, 0) is 18.2 Å². The van der Waals surface area contributed by atoms with E-state index in [0.29, 0.717) is 16.8 Å². The first kappa shape index (κ1) is 9.45. The highest BCUT2D eigenvalue weighted by atomic mass is 35.5. The van der Waals surface area contributed by atoms with Crippen LogP contribution in [0.3, 0.4) is 0 Å². The maximum Gasteiger partial charge on any atom is 0.100 e. The van der Waals surface area contributed by atoms with Gasteiger partial charge in [0.1, 0.15) is 6.07 Å². The van der Waals surface area contributed by atoms with E-state index < -0.39 is 0 Å². The zero-order valence-corrected chi connectivity index (χ0v) is 7.60. The van der Waals surface area contributed by atoms with Crippen molar-refractivity contribution in [1.29, 1.82) is 5.26 Å². The van der Waals surface area contributed by atoms with Crippen LogP contribution in [0.2, 0.25) is 0 Å². The molecule has 64 valence electrons. The molecule has 0 aliphatic rings. The van der Waals surface area contributed by atoms with Crippen LogP contribution in [-0.2, 0) is 0 Å². The van der Waals surface area contributed by atoms with E-state index in [2.05, 4.69) is 11.8 Å². The normalized spacial score (nSPS) is 8.31. The molecule has 2 N–H and O–H groups in total. The summed E-state index contributed by atoms with van der Waals surface area (Å²) in [6, 6.07) is 7.01. The fourth-order valence-corrected chi connectivity index (χ4v) is 0.958. The Kier molecular flexibility index (Phi) is 3.20. The molecule has 0 fully saturated rings. The lowest BCUT2D eigenvalue weighted by Gasteiger charge is -1.96. The third-order valence-electron chi connectivity index (χ3n) is 1.45. The Morgan fingerprint density at radius 2 is 2.15 bits per heavy atom. The number of alkyl halides is 1. The molecule has 0 aliphatic heterocycles. The van der Waals surface area contributed by atoms with Gasteiger partial charge in [0.25, 0.3) is 0 Å². The molecule has 1 rings (SSSR count). The van der Waals surface area contributed by atoms with Gasteiger partial charge in [0.15, 0.2) is 0 Å². The largest absolute Gasteiger partial charge is 0.399 e. The molecule has 0 heterocycles. The van der Waals surface area contributed by atoms with Crippen molar-refractivity contribution in [1.82, 2.24) is 0 Å². The minimum atomic E-state index is 0.250. The van der Waals surface area contributed by atoms with Crippen molar-refractivity contribution < 1.29 is 0 Å². The van der Waals surface area contributed by atoms with E-state index in [9.17, 15) is 0 Å². The Labute approximate surface area is 81.9 Å². The van der Waals surface area contributed by atoms with Crippen LogP contribution < -0.4 is 5.73 Å². The highest BCUT2D eigenvalue weighted by Crippen LogP contribution is 2.11. The second kappa shape index (κ2) is 4.40. The molecule has 3 heteroatoms. The van der Waals surface area contributed by atoms with E-state index in [1.165, 1.54) is 0 Å². The zero-order valence-electron chi connectivity index (χ0n) is 6.84. The van der Waals surface area contributed by atoms with Crippen LogP contribution in [0.15, 0.2) is 18.2 Å². The number of hydrogen-bond acceptors (Lipinski definition) is 2. The molecule has 1 aromatic rings. The first-order valence-electron chi connectivity index (χ1n) is 3.62. The number of rotatable bonds is 0. The molecule has 0 unspecified atom stereocenters. The van der Waals surface area contributed by atoms with Crippen molar-refractivity contribution in [2.24, 2.45) is 0 Å². The van der Waals surface area contributed by atoms with Crippen LogP contribution in [-0.4, -0.2) is 5.88 Å². The molecular weight excluding hydrogens is 184 g/mol. The zero-order chi connectivity index (χ0) is 9.68. The van der Waals surface area contributed by atoms with Gasteiger partial charge in [-0.3, -0.25) is 0 Å². The summed E-state index contributed by atoms with van der Waals surface area (Å²) in [4.78, 5) is 0. The molecule has 0 atom stereocenters. The second-order valence-corrected chi connectivity index (χ2v) is 2.62. The molecule has 0 radical (unpaired) electrons. The summed E-state index contributed by atoms with van der Waals surface area (Å²) in [7, 11) is 0. The summed E-state index contributed by atoms with van der Waals surface area (Å²) in [5, 5.41) is 8.72. The van der Waals surface area contributed by atoms with Crippen molar-refractivity contribution in [3.63, 3.8) is 0 Å². The Hall–Kier alpha value is -1.64. The highest BCUT2D eigenvalue weighted by Gasteiger charge is 1.98. The van der Waals surface area contributed by atoms with Crippen molar-refractivity contribution in [3.8, 4) is 17.9 Å². The lowest BCUT2D eigenvalue weighted by atomic mass is 10.1. The molecule has 0 amide bonds. The molecule has 0 spiro atoms. The van der Waals surface area contributed by atoms with Gasteiger partial charge in [-0.15, -0.1) is 11.6 Å². The Morgan fingerprint density at radius 1 is 1.38 bits per heavy atom. The predicted molar refractivity (Wildman–Crippen MR) is 53.2 cm³/mol. The Bertz CT molecular complexity index is 407. The van der Waals surface area contributed by atoms with E-state index in [-0.39, 0.29) is 5.88 Å². The Morgan fingerprint density at radius 3 is 2.77 bits per heavy atom. The van der Waals surface area contributed by atoms with Gasteiger partial charge in [0, 0.05) is 11.3 Å². The molecule has 1 aromatic carbocycles. The van der Waals surface area contributed by atoms with E-state index in [1.807, 2.05) is 6.07 Å². The molecule has 2 nitrogen and oxygen atoms in total. The van der Waals surface area contributed by atoms with Crippen molar-refractivity contribution in [3.05, 3.63) is 29.3 Å². The lowest BCUT2D eigenvalue weighted by molar-refractivity contribution is 1.47. The van der Waals surface area contributed by atoms with Crippen LogP contribution in [0.25, 0.3) is 0 Å². The monoisotopic (exact) mass is 190 g/mol. The molecule has 0 bridgehead atoms. The van der Waals surface area contributed by atoms with Crippen LogP contribution >= 0.6 is 11.6 Å². The molecule has 0 aliphatic carbocycles. The van der Waals surface area contributed by atoms with Gasteiger partial charge in [0.2, 0.25) is 0 Å². The first-order valence-corrected chi connectivity index (χ1v) is 4.16. The van der Waals surface area contributed by atoms with Crippen molar-refractivity contribution in [2.45, 2.75) is 0 Å². The maximum atomic E-state index is 8.72. The van der Waals surface area contributed by atoms with E-state index in [0.717, 1.165) is 0 Å². The first-order chi connectivity index (χ1) is 6.27. The van der Waals surface area contributed by atoms with Crippen LogP contribution in [0.5, 0.6) is 0 Å². The van der Waals surface area contributed by atoms with Crippen molar-refractivity contribution >= 4 is 17.3 Å². The number of nitrogens with two attached hydrogens (primary N) is 1. The molecule has 0 saturated heterocycles. The lowest BCUT2D eigenvalue weighted by Crippen LogP contribution is -1.89. The van der Waals surface area contributed by atoms with Crippen molar-refractivity contribution in [2.75, 3.05) is 11.6 Å². The summed E-state index contributed by atoms with van der Waals surface area (Å²) < 4.78 is 0. The number of nitrogen functional groups attached to an aromatic ring is 1. The minimum Gasteiger partial charge on any atom is -0.399 e. The number of nitrogens with zero attached hydrogens (tertiary/aromatic N) is 1. The average Bonchev–Trinajstić information content (AvgIpc) is 2.15. The SMILES string of the molecule is N#Cc1ccc(N)cc1C#CCCl. The number of halogens is 1. The fourth-order valence-electron chi connectivity index (χ4n) is 0.891. The van der Waals surface area contributed by atoms with Crippen LogP contribution in [0, 0.1) is 23.2 Å². The molecule has 0 saturated carbocycles. The number of benzene rings is 1. The Balaban J connectivity index is 3.18. The van der Waals surface area contributed by atoms with Gasteiger partial charge >= 0.3 is 0 Å². The number of hydrogen-bond donors (Lipinski definition) is 1. The maximum absolute atomic E-state index is 8.72. The summed E-state index contributed by atoms with van der Waals surface area (Å²) >= 11 is 5.40. The molecular formula is C10H7ClN2. The molecule has 13 heavy (non-hydrogen) atoms. The minimum absolute atomic E-state index is 0.250. The van der Waals surface area contributed by atoms with Gasteiger partial charge in [-0.25, -0.2) is 0 Å². The number of anilines is 1. The summed E-state index contributed by atoms with van der Waals surface area (Å²) in [6.07, 6.45) is 0. The highest BCUT2D eigenvalue weighted by molar-refractivity contribution is 6.19.